The molecule has 5 nitrogen and oxygen atoms in total. The van der Waals surface area contributed by atoms with Crippen molar-refractivity contribution in [1.82, 2.24) is 19.7 Å². The van der Waals surface area contributed by atoms with Gasteiger partial charge in [-0.3, -0.25) is 0 Å². The Morgan fingerprint density at radius 1 is 1.00 bits per heavy atom. The van der Waals surface area contributed by atoms with Crippen LogP contribution in [0.3, 0.4) is 0 Å². The van der Waals surface area contributed by atoms with E-state index in [0.29, 0.717) is 6.61 Å². The third-order valence-electron chi connectivity index (χ3n) is 5.30. The maximum Gasteiger partial charge on any atom is 0.191 e. The molecular formula is C22H28N4OS. The SMILES string of the molecule is CCn1c(COc2cccc3ccccc23)nnc1SCCN1CCCCC1. The van der Waals surface area contributed by atoms with Gasteiger partial charge < -0.3 is 14.2 Å². The standard InChI is InChI=1S/C22H28N4OS/c1-2-26-21(17-27-20-12-8-10-18-9-4-5-11-19(18)20)23-24-22(26)28-16-15-25-13-6-3-7-14-25/h4-5,8-12H,2-3,6-7,13-17H2,1H3. The molecule has 0 atom stereocenters. The Balaban J connectivity index is 1.38. The average Bonchev–Trinajstić information content (AvgIpc) is 3.14. The number of thioether (sulfide) groups is 1. The van der Waals surface area contributed by atoms with Crippen molar-refractivity contribution in [3.8, 4) is 5.75 Å². The van der Waals surface area contributed by atoms with Gasteiger partial charge >= 0.3 is 0 Å². The van der Waals surface area contributed by atoms with E-state index >= 15 is 0 Å². The van der Waals surface area contributed by atoms with Crippen LogP contribution in [-0.4, -0.2) is 45.1 Å². The van der Waals surface area contributed by atoms with Gasteiger partial charge in [0.1, 0.15) is 12.4 Å². The molecule has 6 heteroatoms. The second-order valence-electron chi connectivity index (χ2n) is 7.16. The number of likely N-dealkylation sites (tertiary alicyclic amines) is 1. The minimum atomic E-state index is 0.432. The Morgan fingerprint density at radius 3 is 2.68 bits per heavy atom. The number of piperidine rings is 1. The second kappa shape index (κ2) is 9.43. The van der Waals surface area contributed by atoms with Crippen LogP contribution >= 0.6 is 11.8 Å². The Hall–Kier alpha value is -2.05. The van der Waals surface area contributed by atoms with Crippen molar-refractivity contribution in [2.45, 2.75) is 44.5 Å². The van der Waals surface area contributed by atoms with Crippen molar-refractivity contribution in [3.63, 3.8) is 0 Å². The minimum absolute atomic E-state index is 0.432. The summed E-state index contributed by atoms with van der Waals surface area (Å²) >= 11 is 1.80. The molecule has 2 aromatic carbocycles. The van der Waals surface area contributed by atoms with E-state index in [4.69, 9.17) is 4.74 Å². The van der Waals surface area contributed by atoms with Crippen LogP contribution in [-0.2, 0) is 13.2 Å². The predicted octanol–water partition coefficient (Wildman–Crippen LogP) is 4.61. The van der Waals surface area contributed by atoms with Crippen molar-refractivity contribution in [1.29, 1.82) is 0 Å². The van der Waals surface area contributed by atoms with Gasteiger partial charge in [0.2, 0.25) is 0 Å². The highest BCUT2D eigenvalue weighted by atomic mass is 32.2. The van der Waals surface area contributed by atoms with Crippen LogP contribution in [0.25, 0.3) is 10.8 Å². The van der Waals surface area contributed by atoms with Gasteiger partial charge in [-0.05, 0) is 44.3 Å². The zero-order chi connectivity index (χ0) is 19.2. The third kappa shape index (κ3) is 4.50. The smallest absolute Gasteiger partial charge is 0.191 e. The number of aromatic nitrogens is 3. The number of hydrogen-bond donors (Lipinski definition) is 0. The molecular weight excluding hydrogens is 368 g/mol. The normalized spacial score (nSPS) is 15.2. The average molecular weight is 397 g/mol. The first-order valence-electron chi connectivity index (χ1n) is 10.2. The fraction of sp³-hybridized carbons (Fsp3) is 0.455. The quantitative estimate of drug-likeness (QED) is 0.520. The first-order chi connectivity index (χ1) is 13.8. The highest BCUT2D eigenvalue weighted by Crippen LogP contribution is 2.26. The molecule has 0 bridgehead atoms. The van der Waals surface area contributed by atoms with E-state index < -0.39 is 0 Å². The number of benzene rings is 2. The minimum Gasteiger partial charge on any atom is -0.485 e. The molecule has 1 aromatic heterocycles. The van der Waals surface area contributed by atoms with Gasteiger partial charge in [0, 0.05) is 24.2 Å². The monoisotopic (exact) mass is 396 g/mol. The van der Waals surface area contributed by atoms with Gasteiger partial charge in [-0.1, -0.05) is 54.6 Å². The van der Waals surface area contributed by atoms with E-state index in [1.54, 1.807) is 11.8 Å². The maximum absolute atomic E-state index is 6.12. The molecule has 1 aliphatic rings. The van der Waals surface area contributed by atoms with Crippen molar-refractivity contribution in [3.05, 3.63) is 48.3 Å². The van der Waals surface area contributed by atoms with Crippen LogP contribution in [0.15, 0.2) is 47.6 Å². The first-order valence-corrected chi connectivity index (χ1v) is 11.2. The highest BCUT2D eigenvalue weighted by molar-refractivity contribution is 7.99. The highest BCUT2D eigenvalue weighted by Gasteiger charge is 2.14. The zero-order valence-corrected chi connectivity index (χ0v) is 17.3. The summed E-state index contributed by atoms with van der Waals surface area (Å²) in [4.78, 5) is 2.56. The molecule has 3 aromatic rings. The Kier molecular flexibility index (Phi) is 6.49. The van der Waals surface area contributed by atoms with Crippen LogP contribution in [0.2, 0.25) is 0 Å². The summed E-state index contributed by atoms with van der Waals surface area (Å²) in [6, 6.07) is 14.4. The van der Waals surface area contributed by atoms with E-state index in [9.17, 15) is 0 Å². The van der Waals surface area contributed by atoms with E-state index in [1.807, 2.05) is 24.3 Å². The lowest BCUT2D eigenvalue weighted by Crippen LogP contribution is -2.31. The summed E-state index contributed by atoms with van der Waals surface area (Å²) in [6.07, 6.45) is 4.06. The predicted molar refractivity (Wildman–Crippen MR) is 115 cm³/mol. The van der Waals surface area contributed by atoms with E-state index in [2.05, 4.69) is 44.8 Å². The molecule has 4 rings (SSSR count). The van der Waals surface area contributed by atoms with Gasteiger partial charge in [-0.25, -0.2) is 0 Å². The van der Waals surface area contributed by atoms with Crippen molar-refractivity contribution < 1.29 is 4.74 Å². The van der Waals surface area contributed by atoms with Gasteiger partial charge in [0.15, 0.2) is 11.0 Å². The van der Waals surface area contributed by atoms with E-state index in [1.165, 1.54) is 37.7 Å². The zero-order valence-electron chi connectivity index (χ0n) is 16.5. The number of hydrogen-bond acceptors (Lipinski definition) is 5. The molecule has 0 spiro atoms. The van der Waals surface area contributed by atoms with Gasteiger partial charge in [-0.2, -0.15) is 0 Å². The van der Waals surface area contributed by atoms with Crippen LogP contribution < -0.4 is 4.74 Å². The van der Waals surface area contributed by atoms with Crippen molar-refractivity contribution >= 4 is 22.5 Å². The summed E-state index contributed by atoms with van der Waals surface area (Å²) in [6.45, 7) is 7.04. The Bertz CT molecular complexity index is 899. The molecule has 0 radical (unpaired) electrons. The fourth-order valence-electron chi connectivity index (χ4n) is 3.76. The largest absolute Gasteiger partial charge is 0.485 e. The lowest BCUT2D eigenvalue weighted by Gasteiger charge is -2.25. The first kappa shape index (κ1) is 19.3. The molecule has 1 aliphatic heterocycles. The van der Waals surface area contributed by atoms with Gasteiger partial charge in [0.05, 0.1) is 0 Å². The second-order valence-corrected chi connectivity index (χ2v) is 8.22. The number of fused-ring (bicyclic) bond motifs is 1. The van der Waals surface area contributed by atoms with Crippen LogP contribution in [0.1, 0.15) is 32.0 Å². The molecule has 28 heavy (non-hydrogen) atoms. The fourth-order valence-corrected chi connectivity index (χ4v) is 4.78. The van der Waals surface area contributed by atoms with Crippen LogP contribution in [0.4, 0.5) is 0 Å². The van der Waals surface area contributed by atoms with Gasteiger partial charge in [-0.15, -0.1) is 10.2 Å². The van der Waals surface area contributed by atoms with Crippen molar-refractivity contribution in [2.24, 2.45) is 0 Å². The summed E-state index contributed by atoms with van der Waals surface area (Å²) in [7, 11) is 0. The molecule has 148 valence electrons. The van der Waals surface area contributed by atoms with E-state index in [-0.39, 0.29) is 0 Å². The molecule has 0 aliphatic carbocycles. The molecule has 2 heterocycles. The topological polar surface area (TPSA) is 43.2 Å². The number of ether oxygens (including phenoxy) is 1. The molecule has 0 unspecified atom stereocenters. The lowest BCUT2D eigenvalue weighted by atomic mass is 10.1. The number of nitrogens with zero attached hydrogens (tertiary/aromatic N) is 4. The van der Waals surface area contributed by atoms with Gasteiger partial charge in [0.25, 0.3) is 0 Å². The molecule has 0 N–H and O–H groups in total. The number of rotatable bonds is 8. The van der Waals surface area contributed by atoms with E-state index in [0.717, 1.165) is 41.0 Å². The molecule has 1 saturated heterocycles. The maximum atomic E-state index is 6.12. The Labute approximate surface area is 171 Å². The van der Waals surface area contributed by atoms with Crippen molar-refractivity contribution in [2.75, 3.05) is 25.4 Å². The summed E-state index contributed by atoms with van der Waals surface area (Å²) in [5.41, 5.74) is 0. The molecule has 0 saturated carbocycles. The summed E-state index contributed by atoms with van der Waals surface area (Å²) in [5.74, 6) is 2.83. The summed E-state index contributed by atoms with van der Waals surface area (Å²) < 4.78 is 8.29. The van der Waals surface area contributed by atoms with Crippen LogP contribution in [0.5, 0.6) is 5.75 Å². The third-order valence-corrected chi connectivity index (χ3v) is 6.25. The lowest BCUT2D eigenvalue weighted by molar-refractivity contribution is 0.242. The Morgan fingerprint density at radius 2 is 1.82 bits per heavy atom. The van der Waals surface area contributed by atoms with Crippen LogP contribution in [0, 0.1) is 0 Å². The summed E-state index contributed by atoms with van der Waals surface area (Å²) in [5, 5.41) is 12.1. The molecule has 0 amide bonds. The molecule has 1 fully saturated rings.